The van der Waals surface area contributed by atoms with Gasteiger partial charge in [-0.2, -0.15) is 0 Å². The molecule has 12 heavy (non-hydrogen) atoms. The summed E-state index contributed by atoms with van der Waals surface area (Å²) in [5.74, 6) is 0. The second kappa shape index (κ2) is 3.54. The van der Waals surface area contributed by atoms with Crippen molar-refractivity contribution in [1.82, 2.24) is 4.98 Å². The Morgan fingerprint density at radius 3 is 2.75 bits per heavy atom. The Morgan fingerprint density at radius 1 is 1.58 bits per heavy atom. The summed E-state index contributed by atoms with van der Waals surface area (Å²) >= 11 is 5.77. The van der Waals surface area contributed by atoms with Gasteiger partial charge in [-0.25, -0.2) is 0 Å². The SMILES string of the molecule is C/C(=N\O)c1cc(Cl)cc(C)n1. The van der Waals surface area contributed by atoms with Gasteiger partial charge in [-0.05, 0) is 26.0 Å². The van der Waals surface area contributed by atoms with Gasteiger partial charge in [-0.3, -0.25) is 4.98 Å². The molecule has 3 nitrogen and oxygen atoms in total. The van der Waals surface area contributed by atoms with E-state index in [0.29, 0.717) is 16.4 Å². The lowest BCUT2D eigenvalue weighted by Gasteiger charge is -1.99. The van der Waals surface area contributed by atoms with Gasteiger partial charge in [0.15, 0.2) is 0 Å². The van der Waals surface area contributed by atoms with Crippen LogP contribution in [0.5, 0.6) is 0 Å². The number of hydrogen-bond donors (Lipinski definition) is 1. The van der Waals surface area contributed by atoms with Crippen LogP contribution in [0.1, 0.15) is 18.3 Å². The first kappa shape index (κ1) is 9.00. The summed E-state index contributed by atoms with van der Waals surface area (Å²) in [5, 5.41) is 12.1. The third-order valence-corrected chi connectivity index (χ3v) is 1.66. The fourth-order valence-electron chi connectivity index (χ4n) is 0.863. The van der Waals surface area contributed by atoms with Crippen LogP contribution in [0.25, 0.3) is 0 Å². The molecule has 1 aromatic heterocycles. The van der Waals surface area contributed by atoms with Crippen LogP contribution in [0.3, 0.4) is 0 Å². The lowest BCUT2D eigenvalue weighted by Crippen LogP contribution is -1.99. The summed E-state index contributed by atoms with van der Waals surface area (Å²) in [4.78, 5) is 4.13. The zero-order valence-electron chi connectivity index (χ0n) is 6.87. The number of hydrogen-bond acceptors (Lipinski definition) is 3. The van der Waals surface area contributed by atoms with Crippen molar-refractivity contribution in [2.75, 3.05) is 0 Å². The minimum atomic E-state index is 0.459. The number of oxime groups is 1. The molecule has 64 valence electrons. The zero-order chi connectivity index (χ0) is 9.14. The molecule has 0 saturated heterocycles. The minimum Gasteiger partial charge on any atom is -0.411 e. The highest BCUT2D eigenvalue weighted by molar-refractivity contribution is 6.31. The second-order valence-electron chi connectivity index (χ2n) is 2.50. The largest absolute Gasteiger partial charge is 0.411 e. The highest BCUT2D eigenvalue weighted by Crippen LogP contribution is 2.11. The first-order chi connectivity index (χ1) is 5.63. The Morgan fingerprint density at radius 2 is 2.25 bits per heavy atom. The molecule has 1 aromatic rings. The van der Waals surface area contributed by atoms with Crippen LogP contribution in [0.15, 0.2) is 17.3 Å². The normalized spacial score (nSPS) is 11.8. The molecule has 0 aliphatic rings. The van der Waals surface area contributed by atoms with Crippen molar-refractivity contribution in [3.63, 3.8) is 0 Å². The van der Waals surface area contributed by atoms with Crippen molar-refractivity contribution < 1.29 is 5.21 Å². The number of pyridine rings is 1. The van der Waals surface area contributed by atoms with E-state index in [0.717, 1.165) is 5.69 Å². The molecule has 0 bridgehead atoms. The van der Waals surface area contributed by atoms with Crippen LogP contribution >= 0.6 is 11.6 Å². The van der Waals surface area contributed by atoms with Gasteiger partial charge in [0.25, 0.3) is 0 Å². The molecule has 0 atom stereocenters. The molecule has 0 aliphatic heterocycles. The van der Waals surface area contributed by atoms with E-state index in [2.05, 4.69) is 10.1 Å². The first-order valence-electron chi connectivity index (χ1n) is 3.46. The monoisotopic (exact) mass is 184 g/mol. The third kappa shape index (κ3) is 1.95. The molecule has 1 heterocycles. The molecule has 0 spiro atoms. The van der Waals surface area contributed by atoms with E-state index in [4.69, 9.17) is 16.8 Å². The van der Waals surface area contributed by atoms with Crippen LogP contribution in [0, 0.1) is 6.92 Å². The van der Waals surface area contributed by atoms with Crippen LogP contribution in [0.4, 0.5) is 0 Å². The van der Waals surface area contributed by atoms with Crippen LogP contribution in [0.2, 0.25) is 5.02 Å². The smallest absolute Gasteiger partial charge is 0.102 e. The summed E-state index contributed by atoms with van der Waals surface area (Å²) in [6.45, 7) is 3.50. The molecule has 1 rings (SSSR count). The summed E-state index contributed by atoms with van der Waals surface area (Å²) < 4.78 is 0. The summed E-state index contributed by atoms with van der Waals surface area (Å²) in [6, 6.07) is 3.40. The van der Waals surface area contributed by atoms with Crippen molar-refractivity contribution in [3.05, 3.63) is 28.5 Å². The fourth-order valence-corrected chi connectivity index (χ4v) is 1.12. The van der Waals surface area contributed by atoms with Gasteiger partial charge in [-0.15, -0.1) is 0 Å². The number of aromatic nitrogens is 1. The molecular formula is C8H9ClN2O. The molecule has 0 aromatic carbocycles. The van der Waals surface area contributed by atoms with E-state index in [1.54, 1.807) is 19.1 Å². The standard InChI is InChI=1S/C8H9ClN2O/c1-5-3-7(9)4-8(10-5)6(2)11-12/h3-4,12H,1-2H3/b11-6+. The van der Waals surface area contributed by atoms with Gasteiger partial charge < -0.3 is 5.21 Å². The van der Waals surface area contributed by atoms with E-state index in [-0.39, 0.29) is 0 Å². The first-order valence-corrected chi connectivity index (χ1v) is 3.84. The Bertz CT molecular complexity index is 303. The average molecular weight is 185 g/mol. The molecule has 0 aliphatic carbocycles. The quantitative estimate of drug-likeness (QED) is 0.413. The van der Waals surface area contributed by atoms with Crippen molar-refractivity contribution in [2.24, 2.45) is 5.16 Å². The summed E-state index contributed by atoms with van der Waals surface area (Å²) in [7, 11) is 0. The minimum absolute atomic E-state index is 0.459. The van der Waals surface area contributed by atoms with E-state index in [1.165, 1.54) is 0 Å². The highest BCUT2D eigenvalue weighted by Gasteiger charge is 2.01. The number of aryl methyl sites for hydroxylation is 1. The van der Waals surface area contributed by atoms with Crippen LogP contribution in [-0.4, -0.2) is 15.9 Å². The second-order valence-corrected chi connectivity index (χ2v) is 2.93. The summed E-state index contributed by atoms with van der Waals surface area (Å²) in [6.07, 6.45) is 0. The predicted octanol–water partition coefficient (Wildman–Crippen LogP) is 2.24. The Kier molecular flexibility index (Phi) is 2.65. The van der Waals surface area contributed by atoms with E-state index >= 15 is 0 Å². The van der Waals surface area contributed by atoms with Gasteiger partial charge in [0.1, 0.15) is 5.71 Å². The van der Waals surface area contributed by atoms with Gasteiger partial charge in [0.05, 0.1) is 5.69 Å². The molecule has 4 heteroatoms. The van der Waals surface area contributed by atoms with Crippen molar-refractivity contribution in [3.8, 4) is 0 Å². The maximum atomic E-state index is 8.47. The molecule has 1 N–H and O–H groups in total. The van der Waals surface area contributed by atoms with Crippen molar-refractivity contribution in [1.29, 1.82) is 0 Å². The van der Waals surface area contributed by atoms with Crippen molar-refractivity contribution >= 4 is 17.3 Å². The highest BCUT2D eigenvalue weighted by atomic mass is 35.5. The molecule has 0 fully saturated rings. The van der Waals surface area contributed by atoms with Gasteiger partial charge in [0.2, 0.25) is 0 Å². The predicted molar refractivity (Wildman–Crippen MR) is 48.0 cm³/mol. The average Bonchev–Trinajstić information content (AvgIpc) is 2.01. The third-order valence-electron chi connectivity index (χ3n) is 1.44. The Balaban J connectivity index is 3.17. The lowest BCUT2D eigenvalue weighted by atomic mass is 10.2. The maximum Gasteiger partial charge on any atom is 0.102 e. The zero-order valence-corrected chi connectivity index (χ0v) is 7.63. The van der Waals surface area contributed by atoms with Gasteiger partial charge >= 0.3 is 0 Å². The molecule has 0 unspecified atom stereocenters. The molecule has 0 radical (unpaired) electrons. The number of nitrogens with zero attached hydrogens (tertiary/aromatic N) is 2. The molecule has 0 amide bonds. The Labute approximate surface area is 75.7 Å². The summed E-state index contributed by atoms with van der Waals surface area (Å²) in [5.41, 5.74) is 1.86. The Hall–Kier alpha value is -1.09. The number of rotatable bonds is 1. The van der Waals surface area contributed by atoms with Crippen LogP contribution < -0.4 is 0 Å². The lowest BCUT2D eigenvalue weighted by molar-refractivity contribution is 0.319. The van der Waals surface area contributed by atoms with Gasteiger partial charge in [0, 0.05) is 10.7 Å². The van der Waals surface area contributed by atoms with E-state index in [9.17, 15) is 0 Å². The molecular weight excluding hydrogens is 176 g/mol. The maximum absolute atomic E-state index is 8.47. The molecule has 0 saturated carbocycles. The van der Waals surface area contributed by atoms with Gasteiger partial charge in [-0.1, -0.05) is 16.8 Å². The topological polar surface area (TPSA) is 45.5 Å². The van der Waals surface area contributed by atoms with Crippen LogP contribution in [-0.2, 0) is 0 Å². The fraction of sp³-hybridized carbons (Fsp3) is 0.250. The van der Waals surface area contributed by atoms with Crippen molar-refractivity contribution in [2.45, 2.75) is 13.8 Å². The number of halogens is 1. The van der Waals surface area contributed by atoms with E-state index in [1.807, 2.05) is 6.92 Å². The van der Waals surface area contributed by atoms with E-state index < -0.39 is 0 Å².